The van der Waals surface area contributed by atoms with Gasteiger partial charge in [-0.2, -0.15) is 0 Å². The lowest BCUT2D eigenvalue weighted by molar-refractivity contribution is -0.122. The van der Waals surface area contributed by atoms with Crippen LogP contribution in [0.1, 0.15) is 18.6 Å². The summed E-state index contributed by atoms with van der Waals surface area (Å²) >= 11 is 0. The van der Waals surface area contributed by atoms with E-state index in [0.717, 1.165) is 30.2 Å². The second-order valence-electron chi connectivity index (χ2n) is 6.37. The van der Waals surface area contributed by atoms with Crippen molar-refractivity contribution in [2.75, 3.05) is 18.0 Å². The number of nitrogens with zero attached hydrogens (tertiary/aromatic N) is 5. The van der Waals surface area contributed by atoms with Gasteiger partial charge in [0.15, 0.2) is 5.82 Å². The van der Waals surface area contributed by atoms with E-state index < -0.39 is 0 Å². The number of primary amides is 1. The molecule has 26 heavy (non-hydrogen) atoms. The first-order chi connectivity index (χ1) is 12.7. The fraction of sp³-hybridized carbons (Fsp3) is 0.333. The van der Waals surface area contributed by atoms with E-state index in [2.05, 4.69) is 20.1 Å². The molecule has 134 valence electrons. The maximum atomic E-state index is 11.4. The van der Waals surface area contributed by atoms with Crippen LogP contribution in [0.25, 0.3) is 11.5 Å². The smallest absolute Gasteiger partial charge is 0.227 e. The van der Waals surface area contributed by atoms with Gasteiger partial charge < -0.3 is 15.1 Å². The van der Waals surface area contributed by atoms with Crippen molar-refractivity contribution in [3.05, 3.63) is 48.6 Å². The minimum Gasteiger partial charge on any atom is -0.467 e. The number of pyridine rings is 1. The van der Waals surface area contributed by atoms with Crippen molar-refractivity contribution < 1.29 is 9.21 Å². The first kappa shape index (κ1) is 16.3. The second kappa shape index (κ2) is 6.99. The number of furan rings is 1. The summed E-state index contributed by atoms with van der Waals surface area (Å²) in [5.41, 5.74) is 6.19. The zero-order chi connectivity index (χ0) is 17.9. The molecule has 4 heterocycles. The fourth-order valence-electron chi connectivity index (χ4n) is 3.28. The van der Waals surface area contributed by atoms with E-state index in [1.165, 1.54) is 0 Å². The van der Waals surface area contributed by atoms with Crippen LogP contribution in [0.2, 0.25) is 0 Å². The number of hydrogen-bond acceptors (Lipinski definition) is 6. The molecule has 1 saturated heterocycles. The van der Waals surface area contributed by atoms with Crippen LogP contribution in [0, 0.1) is 5.92 Å². The zero-order valence-corrected chi connectivity index (χ0v) is 14.3. The van der Waals surface area contributed by atoms with Gasteiger partial charge in [-0.1, -0.05) is 6.07 Å². The van der Waals surface area contributed by atoms with E-state index in [4.69, 9.17) is 10.2 Å². The topological polar surface area (TPSA) is 103 Å². The molecule has 0 saturated carbocycles. The van der Waals surface area contributed by atoms with Crippen LogP contribution in [-0.4, -0.2) is 38.7 Å². The van der Waals surface area contributed by atoms with Gasteiger partial charge in [-0.25, -0.2) is 0 Å². The summed E-state index contributed by atoms with van der Waals surface area (Å²) in [6.07, 6.45) is 4.83. The molecule has 1 fully saturated rings. The number of hydrogen-bond donors (Lipinski definition) is 1. The number of piperidine rings is 1. The molecule has 3 aromatic rings. The zero-order valence-electron chi connectivity index (χ0n) is 14.3. The number of rotatable bonds is 5. The van der Waals surface area contributed by atoms with Crippen LogP contribution < -0.4 is 10.6 Å². The number of carbonyl (C=O) groups excluding carboxylic acids is 1. The Morgan fingerprint density at radius 2 is 2.04 bits per heavy atom. The number of amides is 1. The van der Waals surface area contributed by atoms with Gasteiger partial charge in [0, 0.05) is 25.2 Å². The maximum absolute atomic E-state index is 11.4. The molecule has 3 aromatic heterocycles. The molecular formula is C18H20N6O2. The highest BCUT2D eigenvalue weighted by Crippen LogP contribution is 2.26. The summed E-state index contributed by atoms with van der Waals surface area (Å²) in [6, 6.07) is 9.48. The van der Waals surface area contributed by atoms with Crippen LogP contribution in [0.5, 0.6) is 0 Å². The molecular weight excluding hydrogens is 332 g/mol. The quantitative estimate of drug-likeness (QED) is 0.749. The van der Waals surface area contributed by atoms with Crippen LogP contribution in [0.3, 0.4) is 0 Å². The van der Waals surface area contributed by atoms with E-state index in [9.17, 15) is 4.79 Å². The Morgan fingerprint density at radius 1 is 1.19 bits per heavy atom. The van der Waals surface area contributed by atoms with Gasteiger partial charge in [0.25, 0.3) is 0 Å². The van der Waals surface area contributed by atoms with Crippen molar-refractivity contribution in [1.29, 1.82) is 0 Å². The summed E-state index contributed by atoms with van der Waals surface area (Å²) < 4.78 is 7.52. The molecule has 0 aliphatic carbocycles. The Kier molecular flexibility index (Phi) is 4.39. The molecule has 0 aromatic carbocycles. The number of anilines is 1. The summed E-state index contributed by atoms with van der Waals surface area (Å²) in [5.74, 6) is 1.97. The highest BCUT2D eigenvalue weighted by Gasteiger charge is 2.27. The van der Waals surface area contributed by atoms with E-state index in [0.29, 0.717) is 25.5 Å². The highest BCUT2D eigenvalue weighted by atomic mass is 16.3. The van der Waals surface area contributed by atoms with Crippen molar-refractivity contribution in [2.24, 2.45) is 11.7 Å². The Labute approximate surface area is 150 Å². The van der Waals surface area contributed by atoms with Crippen molar-refractivity contribution in [3.63, 3.8) is 0 Å². The normalized spacial score (nSPS) is 15.3. The van der Waals surface area contributed by atoms with Gasteiger partial charge in [0.2, 0.25) is 11.9 Å². The Hall–Kier alpha value is -3.16. The van der Waals surface area contributed by atoms with Gasteiger partial charge in [0.05, 0.1) is 12.8 Å². The summed E-state index contributed by atoms with van der Waals surface area (Å²) in [4.78, 5) is 18.0. The second-order valence-corrected chi connectivity index (χ2v) is 6.37. The van der Waals surface area contributed by atoms with Crippen LogP contribution in [0.4, 0.5) is 5.95 Å². The lowest BCUT2D eigenvalue weighted by atomic mass is 9.96. The van der Waals surface area contributed by atoms with Crippen LogP contribution in [-0.2, 0) is 11.3 Å². The predicted molar refractivity (Wildman–Crippen MR) is 95.2 cm³/mol. The molecule has 1 aliphatic heterocycles. The minimum absolute atomic E-state index is 0.0667. The minimum atomic E-state index is -0.226. The SMILES string of the molecule is NC(=O)C1CCN(c2nnc(-c3ccccn3)n2Cc2ccco2)CC1. The molecule has 4 rings (SSSR count). The maximum Gasteiger partial charge on any atom is 0.227 e. The molecule has 0 unspecified atom stereocenters. The van der Waals surface area contributed by atoms with E-state index in [1.807, 2.05) is 34.9 Å². The van der Waals surface area contributed by atoms with Crippen molar-refractivity contribution in [3.8, 4) is 11.5 Å². The standard InChI is InChI=1S/C18H20N6O2/c19-16(25)13-6-9-23(10-7-13)18-22-21-17(15-5-1-2-8-20-15)24(18)12-14-4-3-11-26-14/h1-5,8,11,13H,6-7,9-10,12H2,(H2,19,25). The van der Waals surface area contributed by atoms with Gasteiger partial charge in [0.1, 0.15) is 11.5 Å². The average molecular weight is 352 g/mol. The first-order valence-electron chi connectivity index (χ1n) is 8.63. The lowest BCUT2D eigenvalue weighted by Gasteiger charge is -2.31. The molecule has 0 radical (unpaired) electrons. The first-order valence-corrected chi connectivity index (χ1v) is 8.63. The van der Waals surface area contributed by atoms with E-state index in [-0.39, 0.29) is 11.8 Å². The fourth-order valence-corrected chi connectivity index (χ4v) is 3.28. The molecule has 1 amide bonds. The van der Waals surface area contributed by atoms with Crippen LogP contribution >= 0.6 is 0 Å². The largest absolute Gasteiger partial charge is 0.467 e. The number of carbonyl (C=O) groups is 1. The highest BCUT2D eigenvalue weighted by molar-refractivity contribution is 5.77. The Bertz CT molecular complexity index is 866. The molecule has 8 heteroatoms. The summed E-state index contributed by atoms with van der Waals surface area (Å²) in [6.45, 7) is 1.94. The monoisotopic (exact) mass is 352 g/mol. The summed E-state index contributed by atoms with van der Waals surface area (Å²) in [7, 11) is 0. The molecule has 0 atom stereocenters. The van der Waals surface area contributed by atoms with Crippen molar-refractivity contribution >= 4 is 11.9 Å². The summed E-state index contributed by atoms with van der Waals surface area (Å²) in [5, 5.41) is 8.78. The third-order valence-corrected chi connectivity index (χ3v) is 4.70. The predicted octanol–water partition coefficient (Wildman–Crippen LogP) is 1.68. The Morgan fingerprint density at radius 3 is 2.69 bits per heavy atom. The van der Waals surface area contributed by atoms with Gasteiger partial charge in [-0.15, -0.1) is 10.2 Å². The Balaban J connectivity index is 1.66. The molecule has 0 bridgehead atoms. The van der Waals surface area contributed by atoms with Gasteiger partial charge in [-0.05, 0) is 37.1 Å². The molecule has 2 N–H and O–H groups in total. The third kappa shape index (κ3) is 3.17. The average Bonchev–Trinajstić information content (AvgIpc) is 3.33. The third-order valence-electron chi connectivity index (χ3n) is 4.70. The van der Waals surface area contributed by atoms with Gasteiger partial charge >= 0.3 is 0 Å². The van der Waals surface area contributed by atoms with Gasteiger partial charge in [-0.3, -0.25) is 14.3 Å². The van der Waals surface area contributed by atoms with E-state index in [1.54, 1.807) is 12.5 Å². The van der Waals surface area contributed by atoms with Crippen molar-refractivity contribution in [2.45, 2.75) is 19.4 Å². The van der Waals surface area contributed by atoms with Crippen molar-refractivity contribution in [1.82, 2.24) is 19.7 Å². The van der Waals surface area contributed by atoms with Crippen LogP contribution in [0.15, 0.2) is 47.2 Å². The lowest BCUT2D eigenvalue weighted by Crippen LogP contribution is -2.39. The number of aromatic nitrogens is 4. The van der Waals surface area contributed by atoms with E-state index >= 15 is 0 Å². The molecule has 8 nitrogen and oxygen atoms in total. The molecule has 1 aliphatic rings. The number of nitrogens with two attached hydrogens (primary N) is 1. The molecule has 0 spiro atoms.